The molecule has 0 aliphatic heterocycles. The standard InChI is InChI=1S/C17H24/c1-11(2)13-6-7-17-9-8-16(4,5)15(17)10-14(17)12(13)3/h6-7,15H,8-10H2,1-5H3. The third kappa shape index (κ3) is 1.25. The van der Waals surface area contributed by atoms with Crippen LogP contribution in [0, 0.1) is 16.7 Å². The Morgan fingerprint density at radius 1 is 1.24 bits per heavy atom. The van der Waals surface area contributed by atoms with E-state index in [4.69, 9.17) is 0 Å². The first-order valence-corrected chi connectivity index (χ1v) is 6.96. The maximum atomic E-state index is 2.54. The second-order valence-electron chi connectivity index (χ2n) is 7.14. The molecule has 1 spiro atoms. The summed E-state index contributed by atoms with van der Waals surface area (Å²) in [6.07, 6.45) is 9.06. The van der Waals surface area contributed by atoms with Gasteiger partial charge in [-0.3, -0.25) is 0 Å². The number of allylic oxidation sites excluding steroid dienone is 6. The van der Waals surface area contributed by atoms with E-state index in [9.17, 15) is 0 Å². The molecule has 0 saturated heterocycles. The van der Waals surface area contributed by atoms with Crippen LogP contribution in [0.4, 0.5) is 0 Å². The summed E-state index contributed by atoms with van der Waals surface area (Å²) in [5.41, 5.74) is 7.31. The van der Waals surface area contributed by atoms with E-state index in [0.29, 0.717) is 10.8 Å². The second-order valence-corrected chi connectivity index (χ2v) is 7.14. The predicted octanol–water partition coefficient (Wildman–Crippen LogP) is 5.04. The zero-order chi connectivity index (χ0) is 12.4. The molecule has 0 bridgehead atoms. The van der Waals surface area contributed by atoms with Gasteiger partial charge in [0.1, 0.15) is 0 Å². The molecule has 3 rings (SSSR count). The van der Waals surface area contributed by atoms with Gasteiger partial charge in [-0.15, -0.1) is 0 Å². The SMILES string of the molecule is CC(C)=C1C=CC23CCC(C)(C)C2CC3=C1C. The topological polar surface area (TPSA) is 0 Å². The molecule has 0 N–H and O–H groups in total. The van der Waals surface area contributed by atoms with E-state index in [2.05, 4.69) is 46.8 Å². The molecule has 0 radical (unpaired) electrons. The molecular weight excluding hydrogens is 204 g/mol. The summed E-state index contributed by atoms with van der Waals surface area (Å²) in [6.45, 7) is 11.7. The van der Waals surface area contributed by atoms with E-state index in [-0.39, 0.29) is 0 Å². The fourth-order valence-electron chi connectivity index (χ4n) is 4.52. The van der Waals surface area contributed by atoms with E-state index in [1.807, 2.05) is 0 Å². The Morgan fingerprint density at radius 3 is 2.53 bits per heavy atom. The van der Waals surface area contributed by atoms with Gasteiger partial charge in [-0.25, -0.2) is 0 Å². The normalized spacial score (nSPS) is 37.7. The quantitative estimate of drug-likeness (QED) is 0.545. The lowest BCUT2D eigenvalue weighted by molar-refractivity contribution is 0.120. The fraction of sp³-hybridized carbons (Fsp3) is 0.647. The molecule has 0 aromatic carbocycles. The van der Waals surface area contributed by atoms with Crippen LogP contribution in [0.25, 0.3) is 0 Å². The minimum atomic E-state index is 0.465. The van der Waals surface area contributed by atoms with E-state index in [0.717, 1.165) is 5.92 Å². The van der Waals surface area contributed by atoms with Gasteiger partial charge >= 0.3 is 0 Å². The highest BCUT2D eigenvalue weighted by atomic mass is 14.6. The van der Waals surface area contributed by atoms with Crippen molar-refractivity contribution >= 4 is 0 Å². The average molecular weight is 228 g/mol. The van der Waals surface area contributed by atoms with Crippen LogP contribution in [-0.2, 0) is 0 Å². The van der Waals surface area contributed by atoms with E-state index >= 15 is 0 Å². The van der Waals surface area contributed by atoms with Crippen molar-refractivity contribution in [2.45, 2.75) is 53.9 Å². The zero-order valence-corrected chi connectivity index (χ0v) is 11.9. The molecule has 0 aromatic rings. The maximum Gasteiger partial charge on any atom is 0.0137 e. The smallest absolute Gasteiger partial charge is 0.0137 e. The van der Waals surface area contributed by atoms with Gasteiger partial charge in [0.2, 0.25) is 0 Å². The molecule has 92 valence electrons. The molecule has 0 nitrogen and oxygen atoms in total. The van der Waals surface area contributed by atoms with Crippen molar-refractivity contribution < 1.29 is 0 Å². The molecule has 17 heavy (non-hydrogen) atoms. The molecule has 0 amide bonds. The van der Waals surface area contributed by atoms with Gasteiger partial charge < -0.3 is 0 Å². The van der Waals surface area contributed by atoms with Gasteiger partial charge in [0.05, 0.1) is 0 Å². The summed E-state index contributed by atoms with van der Waals surface area (Å²) in [4.78, 5) is 0. The first kappa shape index (κ1) is 11.3. The molecule has 3 aliphatic carbocycles. The van der Waals surface area contributed by atoms with Crippen molar-refractivity contribution in [3.8, 4) is 0 Å². The first-order valence-electron chi connectivity index (χ1n) is 6.96. The van der Waals surface area contributed by atoms with Gasteiger partial charge in [-0.1, -0.05) is 37.1 Å². The second kappa shape index (κ2) is 3.16. The van der Waals surface area contributed by atoms with Crippen molar-refractivity contribution in [2.75, 3.05) is 0 Å². The summed E-state index contributed by atoms with van der Waals surface area (Å²) >= 11 is 0. The van der Waals surface area contributed by atoms with Crippen molar-refractivity contribution in [1.82, 2.24) is 0 Å². The van der Waals surface area contributed by atoms with Crippen molar-refractivity contribution in [3.63, 3.8) is 0 Å². The molecule has 0 aromatic heterocycles. The minimum Gasteiger partial charge on any atom is -0.0733 e. The van der Waals surface area contributed by atoms with E-state index in [1.165, 1.54) is 30.4 Å². The minimum absolute atomic E-state index is 0.465. The van der Waals surface area contributed by atoms with Crippen LogP contribution in [0.3, 0.4) is 0 Å². The van der Waals surface area contributed by atoms with E-state index in [1.54, 1.807) is 11.1 Å². The lowest BCUT2D eigenvalue weighted by atomic mass is 9.51. The van der Waals surface area contributed by atoms with Gasteiger partial charge in [0.25, 0.3) is 0 Å². The van der Waals surface area contributed by atoms with Gasteiger partial charge in [-0.2, -0.15) is 0 Å². The van der Waals surface area contributed by atoms with Gasteiger partial charge in [-0.05, 0) is 62.5 Å². The Labute approximate surface area is 105 Å². The van der Waals surface area contributed by atoms with E-state index < -0.39 is 0 Å². The van der Waals surface area contributed by atoms with Crippen LogP contribution >= 0.6 is 0 Å². The van der Waals surface area contributed by atoms with Gasteiger partial charge in [0, 0.05) is 5.41 Å². The van der Waals surface area contributed by atoms with Crippen LogP contribution in [0.2, 0.25) is 0 Å². The molecule has 0 heterocycles. The van der Waals surface area contributed by atoms with Crippen LogP contribution < -0.4 is 0 Å². The Balaban J connectivity index is 2.07. The molecular formula is C17H24. The lowest BCUT2D eigenvalue weighted by Crippen LogP contribution is -2.44. The molecule has 0 heteroatoms. The summed E-state index contributed by atoms with van der Waals surface area (Å²) in [5, 5.41) is 0. The molecule has 2 atom stereocenters. The number of hydrogen-bond acceptors (Lipinski definition) is 0. The highest BCUT2D eigenvalue weighted by Gasteiger charge is 2.60. The Hall–Kier alpha value is -0.780. The highest BCUT2D eigenvalue weighted by molar-refractivity contribution is 5.56. The van der Waals surface area contributed by atoms with Crippen LogP contribution in [0.15, 0.2) is 34.4 Å². The maximum absolute atomic E-state index is 2.54. The highest BCUT2D eigenvalue weighted by Crippen LogP contribution is 2.70. The zero-order valence-electron chi connectivity index (χ0n) is 11.9. The summed E-state index contributed by atoms with van der Waals surface area (Å²) in [5.74, 6) is 0.898. The van der Waals surface area contributed by atoms with Gasteiger partial charge in [0.15, 0.2) is 0 Å². The Kier molecular flexibility index (Phi) is 2.10. The summed E-state index contributed by atoms with van der Waals surface area (Å²) in [6, 6.07) is 0. The molecule has 2 unspecified atom stereocenters. The first-order chi connectivity index (χ1) is 7.88. The predicted molar refractivity (Wildman–Crippen MR) is 73.8 cm³/mol. The fourth-order valence-corrected chi connectivity index (χ4v) is 4.52. The lowest BCUT2D eigenvalue weighted by Gasteiger charge is -2.53. The Bertz CT molecular complexity index is 466. The molecule has 2 saturated carbocycles. The van der Waals surface area contributed by atoms with Crippen LogP contribution in [0.1, 0.15) is 53.9 Å². The van der Waals surface area contributed by atoms with Crippen LogP contribution in [-0.4, -0.2) is 0 Å². The number of rotatable bonds is 0. The molecule has 3 aliphatic rings. The van der Waals surface area contributed by atoms with Crippen molar-refractivity contribution in [1.29, 1.82) is 0 Å². The third-order valence-electron chi connectivity index (χ3n) is 5.66. The largest absolute Gasteiger partial charge is 0.0733 e. The molecule has 2 fully saturated rings. The average Bonchev–Trinajstić information content (AvgIpc) is 2.36. The summed E-state index contributed by atoms with van der Waals surface area (Å²) in [7, 11) is 0. The van der Waals surface area contributed by atoms with Crippen molar-refractivity contribution in [3.05, 3.63) is 34.4 Å². The van der Waals surface area contributed by atoms with Crippen molar-refractivity contribution in [2.24, 2.45) is 16.7 Å². The third-order valence-corrected chi connectivity index (χ3v) is 5.66. The Morgan fingerprint density at radius 2 is 1.94 bits per heavy atom. The number of hydrogen-bond donors (Lipinski definition) is 0. The summed E-state index contributed by atoms with van der Waals surface area (Å²) < 4.78 is 0. The monoisotopic (exact) mass is 228 g/mol. The van der Waals surface area contributed by atoms with Crippen LogP contribution in [0.5, 0.6) is 0 Å².